The molecular weight excluding hydrogens is 857 g/mol. The minimum atomic E-state index is -0.460. The zero-order valence-corrected chi connectivity index (χ0v) is 33.3. The topological polar surface area (TPSA) is 125 Å². The summed E-state index contributed by atoms with van der Waals surface area (Å²) in [5, 5.41) is 2.41. The van der Waals surface area contributed by atoms with Crippen LogP contribution < -0.4 is 0 Å². The Hall–Kier alpha value is -2.30. The number of methoxy groups -OCH3 is 2. The number of carbonyl (C=O) groups is 2. The Morgan fingerprint density at radius 3 is 1.96 bits per heavy atom. The van der Waals surface area contributed by atoms with Crippen LogP contribution in [0, 0.1) is 6.92 Å². The van der Waals surface area contributed by atoms with Crippen molar-refractivity contribution in [2.24, 2.45) is 4.99 Å². The molecule has 2 rings (SSSR count). The van der Waals surface area contributed by atoms with E-state index in [0.717, 1.165) is 42.3 Å². The maximum atomic E-state index is 12.0. The fourth-order valence-electron chi connectivity index (χ4n) is 4.49. The van der Waals surface area contributed by atoms with Gasteiger partial charge in [-0.2, -0.15) is 0 Å². The number of isothiocyanates is 1. The van der Waals surface area contributed by atoms with Gasteiger partial charge in [-0.25, -0.2) is 9.78 Å². The molecule has 0 unspecified atom stereocenters. The van der Waals surface area contributed by atoms with Crippen molar-refractivity contribution < 1.29 is 51.4 Å². The van der Waals surface area contributed by atoms with Crippen LogP contribution in [-0.4, -0.2) is 139 Å². The van der Waals surface area contributed by atoms with Crippen molar-refractivity contribution in [3.8, 4) is 0 Å². The molecule has 0 atom stereocenters. The molecule has 0 amide bonds. The SMILES string of the molecule is [CH2-]CN(CCOCCOCCN(CCOC[C](=[Os])CSCCCCCN=C=S)Cc1cccc(C(=O)OC)n1)Cc1cccc(C(=O)OC)n1. The van der Waals surface area contributed by atoms with E-state index in [0.29, 0.717) is 78.9 Å². The van der Waals surface area contributed by atoms with Crippen LogP contribution in [0.5, 0.6) is 0 Å². The van der Waals surface area contributed by atoms with Crippen LogP contribution in [0.4, 0.5) is 0 Å². The summed E-state index contributed by atoms with van der Waals surface area (Å²) in [6.45, 7) is 11.6. The van der Waals surface area contributed by atoms with E-state index in [1.807, 2.05) is 48.1 Å². The summed E-state index contributed by atoms with van der Waals surface area (Å²) >= 11 is 8.45. The van der Waals surface area contributed by atoms with Gasteiger partial charge in [0.2, 0.25) is 0 Å². The molecule has 15 heteroatoms. The standard InChI is InChI=1S/C35H50N5O7S2.Os/c1-4-39(27-30-11-8-13-32(37-30)34(41)43-2)16-20-46-23-24-47-22-18-40(28-31-12-9-14-33(38-31)35(42)44-3)17-21-45-19-10-26-49-25-7-5-6-15-36-29-48;/h8-9,11-14H,1,4-7,15-28H2,2-3H3;/q-1;. The molecular formula is C35H50N5O7OsS2-. The van der Waals surface area contributed by atoms with E-state index >= 15 is 0 Å². The summed E-state index contributed by atoms with van der Waals surface area (Å²) in [6.07, 6.45) is 3.38. The molecule has 2 heterocycles. The number of ether oxygens (including phenoxy) is 5. The molecule has 278 valence electrons. The molecule has 0 saturated carbocycles. The largest absolute Gasteiger partial charge is 0.464 e. The quantitative estimate of drug-likeness (QED) is 0.0385. The van der Waals surface area contributed by atoms with Gasteiger partial charge in [-0.15, -0.1) is 6.54 Å². The number of thiocarbonyl (C=S) groups is 1. The molecule has 0 aliphatic carbocycles. The van der Waals surface area contributed by atoms with Gasteiger partial charge in [0.15, 0.2) is 0 Å². The van der Waals surface area contributed by atoms with Crippen molar-refractivity contribution in [3.05, 3.63) is 66.1 Å². The number of thioether (sulfide) groups is 1. The molecule has 50 heavy (non-hydrogen) atoms. The summed E-state index contributed by atoms with van der Waals surface area (Å²) in [7, 11) is 2.69. The van der Waals surface area contributed by atoms with Crippen LogP contribution in [-0.2, 0) is 54.9 Å². The molecule has 2 aromatic heterocycles. The monoisotopic (exact) mass is 908 g/mol. The zero-order valence-electron chi connectivity index (χ0n) is 29.2. The van der Waals surface area contributed by atoms with Gasteiger partial charge in [0.1, 0.15) is 5.69 Å². The summed E-state index contributed by atoms with van der Waals surface area (Å²) in [6, 6.07) is 10.7. The second kappa shape index (κ2) is 28.3. The fraction of sp³-hybridized carbons (Fsp3) is 0.571. The number of rotatable bonds is 29. The van der Waals surface area contributed by atoms with Crippen LogP contribution >= 0.6 is 24.0 Å². The van der Waals surface area contributed by atoms with Gasteiger partial charge in [-0.1, -0.05) is 6.07 Å². The van der Waals surface area contributed by atoms with Crippen LogP contribution in [0.2, 0.25) is 0 Å². The second-order valence-corrected chi connectivity index (χ2v) is 14.0. The van der Waals surface area contributed by atoms with E-state index in [-0.39, 0.29) is 11.4 Å². The third-order valence-electron chi connectivity index (χ3n) is 7.15. The van der Waals surface area contributed by atoms with Crippen LogP contribution in [0.25, 0.3) is 0 Å². The van der Waals surface area contributed by atoms with Crippen molar-refractivity contribution >= 4 is 45.1 Å². The van der Waals surface area contributed by atoms with Crippen molar-refractivity contribution in [3.63, 3.8) is 0 Å². The average Bonchev–Trinajstić information content (AvgIpc) is 3.14. The van der Waals surface area contributed by atoms with Gasteiger partial charge in [-0.05, 0) is 12.1 Å². The van der Waals surface area contributed by atoms with Crippen LogP contribution in [0.3, 0.4) is 0 Å². The minimum Gasteiger partial charge on any atom is -0.464 e. The molecule has 0 spiro atoms. The second-order valence-electron chi connectivity index (χ2n) is 10.9. The van der Waals surface area contributed by atoms with Crippen LogP contribution in [0.15, 0.2) is 41.4 Å². The maximum absolute atomic E-state index is 12.0. The summed E-state index contributed by atoms with van der Waals surface area (Å²) in [5.74, 6) is 1.20. The Morgan fingerprint density at radius 2 is 1.40 bits per heavy atom. The number of pyridine rings is 2. The Balaban J connectivity index is 1.71. The molecule has 0 radical (unpaired) electrons. The van der Waals surface area contributed by atoms with E-state index < -0.39 is 11.9 Å². The van der Waals surface area contributed by atoms with Gasteiger partial charge in [0.05, 0.1) is 26.5 Å². The van der Waals surface area contributed by atoms with Gasteiger partial charge in [0.25, 0.3) is 0 Å². The Labute approximate surface area is 316 Å². The van der Waals surface area contributed by atoms with Crippen LogP contribution in [0.1, 0.15) is 51.6 Å². The number of esters is 2. The Morgan fingerprint density at radius 1 is 0.840 bits per heavy atom. The predicted molar refractivity (Wildman–Crippen MR) is 196 cm³/mol. The van der Waals surface area contributed by atoms with Gasteiger partial charge in [0, 0.05) is 13.1 Å². The fourth-order valence-corrected chi connectivity index (χ4v) is 6.47. The first-order chi connectivity index (χ1) is 24.4. The number of carbonyl (C=O) groups excluding carboxylic acids is 2. The van der Waals surface area contributed by atoms with E-state index in [1.54, 1.807) is 18.2 Å². The van der Waals surface area contributed by atoms with Crippen molar-refractivity contribution in [2.75, 3.05) is 98.1 Å². The molecule has 12 nitrogen and oxygen atoms in total. The third-order valence-corrected chi connectivity index (χ3v) is 9.83. The number of nitrogens with zero attached hydrogens (tertiary/aromatic N) is 5. The van der Waals surface area contributed by atoms with E-state index in [9.17, 15) is 9.59 Å². The smallest absolute Gasteiger partial charge is 0.356 e. The number of unbranched alkanes of at least 4 members (excludes halogenated alkanes) is 2. The molecule has 2 aromatic rings. The number of hydrogen-bond donors (Lipinski definition) is 0. The van der Waals surface area contributed by atoms with Crippen molar-refractivity contribution in [1.29, 1.82) is 0 Å². The molecule has 0 fully saturated rings. The first-order valence-electron chi connectivity index (χ1n) is 16.6. The molecule has 0 saturated heterocycles. The first kappa shape index (κ1) is 43.9. The van der Waals surface area contributed by atoms with Crippen molar-refractivity contribution in [2.45, 2.75) is 32.4 Å². The summed E-state index contributed by atoms with van der Waals surface area (Å²) < 4.78 is 28.7. The molecule has 0 aliphatic rings. The van der Waals surface area contributed by atoms with E-state index in [4.69, 9.17) is 23.7 Å². The van der Waals surface area contributed by atoms with E-state index in [2.05, 4.69) is 49.1 Å². The number of hydrogen-bond acceptors (Lipinski definition) is 14. The molecule has 0 aliphatic heterocycles. The predicted octanol–water partition coefficient (Wildman–Crippen LogP) is 3.96. The molecule has 0 aromatic carbocycles. The number of aromatic nitrogens is 2. The molecule has 0 N–H and O–H groups in total. The normalized spacial score (nSPS) is 11.1. The Bertz CT molecular complexity index is 1340. The Kier molecular flexibility index (Phi) is 24.8. The first-order valence-corrected chi connectivity index (χ1v) is 19.4. The zero-order chi connectivity index (χ0) is 36.2. The van der Waals surface area contributed by atoms with Gasteiger partial charge >= 0.3 is 221 Å². The number of aliphatic imine (C=N–C) groups is 1. The average molecular weight is 907 g/mol. The van der Waals surface area contributed by atoms with Gasteiger partial charge < -0.3 is 16.6 Å². The van der Waals surface area contributed by atoms with E-state index in [1.165, 1.54) is 24.7 Å². The van der Waals surface area contributed by atoms with Crippen molar-refractivity contribution in [1.82, 2.24) is 19.8 Å². The third kappa shape index (κ3) is 19.9. The maximum Gasteiger partial charge on any atom is 0.356 e. The minimum absolute atomic E-state index is 0.283. The van der Waals surface area contributed by atoms with Gasteiger partial charge in [-0.3, -0.25) is 0 Å². The summed E-state index contributed by atoms with van der Waals surface area (Å²) in [5.41, 5.74) is 2.10. The summed E-state index contributed by atoms with van der Waals surface area (Å²) in [4.78, 5) is 40.9. The molecule has 0 bridgehead atoms.